The Kier molecular flexibility index (Phi) is 4.89. The summed E-state index contributed by atoms with van der Waals surface area (Å²) < 4.78 is 0.618. The van der Waals surface area contributed by atoms with Crippen molar-refractivity contribution in [2.75, 3.05) is 18.4 Å². The number of rotatable bonds is 5. The first-order valence-corrected chi connectivity index (χ1v) is 5.78. The zero-order valence-corrected chi connectivity index (χ0v) is 10.8. The number of amides is 1. The van der Waals surface area contributed by atoms with E-state index in [1.807, 2.05) is 0 Å². The zero-order valence-electron chi connectivity index (χ0n) is 9.20. The number of likely N-dealkylation sites (N-methyl/N-ethyl adjacent to an activating group) is 1. The molecule has 7 heteroatoms. The maximum absolute atomic E-state index is 11.2. The summed E-state index contributed by atoms with van der Waals surface area (Å²) in [5.74, 6) is -0.204. The molecule has 0 saturated carbocycles. The van der Waals surface area contributed by atoms with Crippen molar-refractivity contribution in [1.29, 1.82) is 0 Å². The van der Waals surface area contributed by atoms with Gasteiger partial charge in [0.15, 0.2) is 0 Å². The van der Waals surface area contributed by atoms with Crippen molar-refractivity contribution in [3.63, 3.8) is 0 Å². The number of benzene rings is 1. The van der Waals surface area contributed by atoms with Gasteiger partial charge in [-0.3, -0.25) is 14.9 Å². The third-order valence-corrected chi connectivity index (χ3v) is 2.46. The average molecular weight is 302 g/mol. The van der Waals surface area contributed by atoms with E-state index in [0.717, 1.165) is 0 Å². The molecule has 0 unspecified atom stereocenters. The molecule has 0 spiro atoms. The molecule has 0 heterocycles. The Balaban J connectivity index is 2.77. The second-order valence-corrected chi connectivity index (χ2v) is 4.14. The van der Waals surface area contributed by atoms with Gasteiger partial charge in [-0.15, -0.1) is 0 Å². The molecule has 1 amide bonds. The third-order valence-electron chi connectivity index (χ3n) is 1.97. The number of nitro groups is 1. The minimum atomic E-state index is -0.495. The lowest BCUT2D eigenvalue weighted by Gasteiger charge is -2.07. The summed E-state index contributed by atoms with van der Waals surface area (Å²) in [6, 6.07) is 4.62. The molecule has 17 heavy (non-hydrogen) atoms. The van der Waals surface area contributed by atoms with Gasteiger partial charge < -0.3 is 10.6 Å². The van der Waals surface area contributed by atoms with Crippen LogP contribution in [0.5, 0.6) is 0 Å². The van der Waals surface area contributed by atoms with Gasteiger partial charge in [0.05, 0.1) is 11.5 Å². The van der Waals surface area contributed by atoms with Crippen molar-refractivity contribution in [3.05, 3.63) is 32.8 Å². The van der Waals surface area contributed by atoms with Gasteiger partial charge in [-0.2, -0.15) is 0 Å². The highest BCUT2D eigenvalue weighted by Gasteiger charge is 2.14. The average Bonchev–Trinajstić information content (AvgIpc) is 2.27. The Morgan fingerprint density at radius 2 is 2.24 bits per heavy atom. The molecular formula is C10H12BrN3O3. The van der Waals surface area contributed by atoms with Crippen LogP contribution in [0.3, 0.4) is 0 Å². The number of hydrogen-bond acceptors (Lipinski definition) is 4. The molecule has 0 radical (unpaired) electrons. The summed E-state index contributed by atoms with van der Waals surface area (Å²) in [4.78, 5) is 21.5. The number of nitrogens with zero attached hydrogens (tertiary/aromatic N) is 1. The quantitative estimate of drug-likeness (QED) is 0.643. The molecule has 92 valence electrons. The first kappa shape index (κ1) is 13.4. The molecule has 1 rings (SSSR count). The smallest absolute Gasteiger partial charge is 0.293 e. The van der Waals surface area contributed by atoms with Crippen molar-refractivity contribution in [2.45, 2.75) is 6.92 Å². The van der Waals surface area contributed by atoms with Crippen molar-refractivity contribution in [3.8, 4) is 0 Å². The molecule has 0 fully saturated rings. The van der Waals surface area contributed by atoms with Crippen LogP contribution in [0, 0.1) is 10.1 Å². The van der Waals surface area contributed by atoms with E-state index >= 15 is 0 Å². The van der Waals surface area contributed by atoms with E-state index in [9.17, 15) is 14.9 Å². The fraction of sp³-hybridized carbons (Fsp3) is 0.300. The molecule has 1 aromatic carbocycles. The standard InChI is InChI=1S/C10H12BrN3O3/c1-2-12-10(15)6-13-8-4-3-7(11)5-9(8)14(16)17/h3-5,13H,2,6H2,1H3,(H,12,15). The Labute approximate surface area is 107 Å². The summed E-state index contributed by atoms with van der Waals surface area (Å²) in [7, 11) is 0. The fourth-order valence-electron chi connectivity index (χ4n) is 1.24. The van der Waals surface area contributed by atoms with Crippen molar-refractivity contribution < 1.29 is 9.72 Å². The Hall–Kier alpha value is -1.63. The normalized spacial score (nSPS) is 9.76. The van der Waals surface area contributed by atoms with E-state index in [4.69, 9.17) is 0 Å². The minimum Gasteiger partial charge on any atom is -0.371 e. The van der Waals surface area contributed by atoms with Gasteiger partial charge in [-0.25, -0.2) is 0 Å². The van der Waals surface area contributed by atoms with E-state index in [-0.39, 0.29) is 18.1 Å². The Morgan fingerprint density at radius 1 is 1.53 bits per heavy atom. The number of carbonyl (C=O) groups is 1. The topological polar surface area (TPSA) is 84.3 Å². The van der Waals surface area contributed by atoms with Gasteiger partial charge in [0, 0.05) is 17.1 Å². The maximum Gasteiger partial charge on any atom is 0.293 e. The van der Waals surface area contributed by atoms with Gasteiger partial charge in [-0.1, -0.05) is 15.9 Å². The lowest BCUT2D eigenvalue weighted by Crippen LogP contribution is -2.29. The van der Waals surface area contributed by atoms with Gasteiger partial charge in [0.1, 0.15) is 5.69 Å². The molecule has 6 nitrogen and oxygen atoms in total. The molecule has 0 aliphatic carbocycles. The summed E-state index contributed by atoms with van der Waals surface area (Å²) in [6.45, 7) is 2.35. The van der Waals surface area contributed by atoms with Crippen LogP contribution in [0.15, 0.2) is 22.7 Å². The van der Waals surface area contributed by atoms with Crippen LogP contribution in [0.4, 0.5) is 11.4 Å². The van der Waals surface area contributed by atoms with Crippen LogP contribution in [-0.4, -0.2) is 23.9 Å². The van der Waals surface area contributed by atoms with Crippen LogP contribution in [0.25, 0.3) is 0 Å². The highest BCUT2D eigenvalue weighted by atomic mass is 79.9. The van der Waals surface area contributed by atoms with Crippen LogP contribution < -0.4 is 10.6 Å². The number of hydrogen-bond donors (Lipinski definition) is 2. The summed E-state index contributed by atoms with van der Waals surface area (Å²) in [6.07, 6.45) is 0. The van der Waals surface area contributed by atoms with E-state index in [2.05, 4.69) is 26.6 Å². The molecule has 0 saturated heterocycles. The number of nitro benzene ring substituents is 1. The number of anilines is 1. The van der Waals surface area contributed by atoms with Crippen LogP contribution in [0.1, 0.15) is 6.92 Å². The van der Waals surface area contributed by atoms with Gasteiger partial charge in [0.2, 0.25) is 5.91 Å². The molecule has 0 atom stereocenters. The molecule has 0 aromatic heterocycles. The number of halogens is 1. The third kappa shape index (κ3) is 4.03. The summed E-state index contributed by atoms with van der Waals surface area (Å²) >= 11 is 3.16. The van der Waals surface area contributed by atoms with Crippen LogP contribution in [-0.2, 0) is 4.79 Å². The van der Waals surface area contributed by atoms with Crippen LogP contribution >= 0.6 is 15.9 Å². The monoisotopic (exact) mass is 301 g/mol. The lowest BCUT2D eigenvalue weighted by atomic mass is 10.2. The van der Waals surface area contributed by atoms with Crippen LogP contribution in [0.2, 0.25) is 0 Å². The molecule has 2 N–H and O–H groups in total. The van der Waals surface area contributed by atoms with Gasteiger partial charge in [-0.05, 0) is 19.1 Å². The van der Waals surface area contributed by atoms with E-state index < -0.39 is 4.92 Å². The zero-order chi connectivity index (χ0) is 12.8. The van der Waals surface area contributed by atoms with Gasteiger partial charge >= 0.3 is 0 Å². The fourth-order valence-corrected chi connectivity index (χ4v) is 1.59. The predicted molar refractivity (Wildman–Crippen MR) is 68.0 cm³/mol. The first-order chi connectivity index (χ1) is 8.04. The Bertz CT molecular complexity index is 437. The number of carbonyl (C=O) groups excluding carboxylic acids is 1. The second-order valence-electron chi connectivity index (χ2n) is 3.23. The largest absolute Gasteiger partial charge is 0.371 e. The molecule has 0 aliphatic heterocycles. The first-order valence-electron chi connectivity index (χ1n) is 4.99. The maximum atomic E-state index is 11.2. The van der Waals surface area contributed by atoms with Crippen molar-refractivity contribution in [2.24, 2.45) is 0 Å². The van der Waals surface area contributed by atoms with Gasteiger partial charge in [0.25, 0.3) is 5.69 Å². The SMILES string of the molecule is CCNC(=O)CNc1ccc(Br)cc1[N+](=O)[O-]. The van der Waals surface area contributed by atoms with E-state index in [1.165, 1.54) is 6.07 Å². The van der Waals surface area contributed by atoms with Crippen molar-refractivity contribution >= 4 is 33.2 Å². The minimum absolute atomic E-state index is 0.0102. The predicted octanol–water partition coefficient (Wildman–Crippen LogP) is 1.91. The molecular weight excluding hydrogens is 290 g/mol. The highest BCUT2D eigenvalue weighted by Crippen LogP contribution is 2.27. The second kappa shape index (κ2) is 6.19. The van der Waals surface area contributed by atoms with E-state index in [0.29, 0.717) is 16.7 Å². The molecule has 1 aromatic rings. The Morgan fingerprint density at radius 3 is 2.82 bits per heavy atom. The van der Waals surface area contributed by atoms with E-state index in [1.54, 1.807) is 19.1 Å². The number of nitrogens with one attached hydrogen (secondary N) is 2. The highest BCUT2D eigenvalue weighted by molar-refractivity contribution is 9.10. The summed E-state index contributed by atoms with van der Waals surface area (Å²) in [5, 5.41) is 16.1. The summed E-state index contributed by atoms with van der Waals surface area (Å²) in [5.41, 5.74) is 0.258. The van der Waals surface area contributed by atoms with Crippen molar-refractivity contribution in [1.82, 2.24) is 5.32 Å². The lowest BCUT2D eigenvalue weighted by molar-refractivity contribution is -0.384. The molecule has 0 bridgehead atoms. The molecule has 0 aliphatic rings.